The molecule has 0 aliphatic carbocycles. The Labute approximate surface area is 87.0 Å². The van der Waals surface area contributed by atoms with Crippen LogP contribution < -0.4 is 0 Å². The van der Waals surface area contributed by atoms with Gasteiger partial charge in [-0.25, -0.2) is 8.42 Å². The van der Waals surface area contributed by atoms with Crippen molar-refractivity contribution in [3.05, 3.63) is 35.4 Å². The summed E-state index contributed by atoms with van der Waals surface area (Å²) in [5.41, 5.74) is 1.99. The van der Waals surface area contributed by atoms with E-state index in [1.807, 2.05) is 24.3 Å². The van der Waals surface area contributed by atoms with E-state index in [0.717, 1.165) is 16.5 Å². The third-order valence-electron chi connectivity index (χ3n) is 1.61. The van der Waals surface area contributed by atoms with Gasteiger partial charge in [-0.05, 0) is 11.1 Å². The molecule has 0 N–H and O–H groups in total. The van der Waals surface area contributed by atoms with E-state index in [1.165, 1.54) is 6.26 Å². The minimum atomic E-state index is -2.91. The molecule has 2 nitrogen and oxygen atoms in total. The molecule has 1 aromatic carbocycles. The van der Waals surface area contributed by atoms with Crippen molar-refractivity contribution in [2.45, 2.75) is 11.1 Å². The first-order valence-corrected chi connectivity index (χ1v) is 7.01. The van der Waals surface area contributed by atoms with Crippen LogP contribution in [0.3, 0.4) is 0 Å². The van der Waals surface area contributed by atoms with Crippen molar-refractivity contribution < 1.29 is 8.42 Å². The largest absolute Gasteiger partial charge is 0.229 e. The van der Waals surface area contributed by atoms with E-state index in [9.17, 15) is 8.42 Å². The highest BCUT2D eigenvalue weighted by Crippen LogP contribution is 2.09. The lowest BCUT2D eigenvalue weighted by molar-refractivity contribution is 0.601. The van der Waals surface area contributed by atoms with E-state index >= 15 is 0 Å². The zero-order valence-corrected chi connectivity index (χ0v) is 9.73. The molecule has 0 amide bonds. The second-order valence-electron chi connectivity index (χ2n) is 3.02. The van der Waals surface area contributed by atoms with Gasteiger partial charge in [-0.1, -0.05) is 40.2 Å². The molecule has 0 aliphatic heterocycles. The summed E-state index contributed by atoms with van der Waals surface area (Å²) in [5.74, 6) is 0.121. The maximum absolute atomic E-state index is 10.9. The highest BCUT2D eigenvalue weighted by molar-refractivity contribution is 9.08. The fourth-order valence-electron chi connectivity index (χ4n) is 1.03. The van der Waals surface area contributed by atoms with Crippen molar-refractivity contribution in [2.75, 3.05) is 6.26 Å². The Morgan fingerprint density at radius 2 is 1.62 bits per heavy atom. The molecular weight excluding hydrogens is 252 g/mol. The Balaban J connectivity index is 2.81. The van der Waals surface area contributed by atoms with Gasteiger partial charge in [0, 0.05) is 11.6 Å². The van der Waals surface area contributed by atoms with Gasteiger partial charge in [0.05, 0.1) is 5.75 Å². The maximum atomic E-state index is 10.9. The first-order chi connectivity index (χ1) is 6.01. The summed E-state index contributed by atoms with van der Waals surface area (Å²) in [6, 6.07) is 7.54. The standard InChI is InChI=1S/C9H11BrO2S/c1-13(11,12)7-9-4-2-8(6-10)3-5-9/h2-5H,6-7H2,1H3. The summed E-state index contributed by atoms with van der Waals surface area (Å²) in [5, 5.41) is 0.798. The first kappa shape index (κ1) is 10.7. The fraction of sp³-hybridized carbons (Fsp3) is 0.333. The van der Waals surface area contributed by atoms with Crippen molar-refractivity contribution in [3.63, 3.8) is 0 Å². The molecule has 1 aromatic rings. The number of halogens is 1. The molecule has 1 rings (SSSR count). The Bertz CT molecular complexity index is 367. The number of hydrogen-bond acceptors (Lipinski definition) is 2. The van der Waals surface area contributed by atoms with Crippen molar-refractivity contribution in [2.24, 2.45) is 0 Å². The third kappa shape index (κ3) is 3.91. The van der Waals surface area contributed by atoms with Crippen LogP contribution in [0.25, 0.3) is 0 Å². The monoisotopic (exact) mass is 262 g/mol. The van der Waals surface area contributed by atoms with Crippen LogP contribution in [0.15, 0.2) is 24.3 Å². The summed E-state index contributed by atoms with van der Waals surface area (Å²) in [6.45, 7) is 0. The second kappa shape index (κ2) is 4.24. The highest BCUT2D eigenvalue weighted by atomic mass is 79.9. The highest BCUT2D eigenvalue weighted by Gasteiger charge is 2.03. The molecule has 0 unspecified atom stereocenters. The van der Waals surface area contributed by atoms with E-state index in [-0.39, 0.29) is 5.75 Å². The summed E-state index contributed by atoms with van der Waals surface area (Å²) in [6.07, 6.45) is 1.24. The summed E-state index contributed by atoms with van der Waals surface area (Å²) < 4.78 is 21.9. The van der Waals surface area contributed by atoms with Gasteiger partial charge in [-0.3, -0.25) is 0 Å². The van der Waals surface area contributed by atoms with E-state index in [0.29, 0.717) is 0 Å². The molecule has 0 fully saturated rings. The molecular formula is C9H11BrO2S. The molecule has 0 aromatic heterocycles. The zero-order valence-electron chi connectivity index (χ0n) is 7.33. The smallest absolute Gasteiger partial charge is 0.151 e. The van der Waals surface area contributed by atoms with Gasteiger partial charge < -0.3 is 0 Å². The van der Waals surface area contributed by atoms with Crippen molar-refractivity contribution in [1.82, 2.24) is 0 Å². The molecule has 4 heteroatoms. The van der Waals surface area contributed by atoms with Crippen molar-refractivity contribution in [1.29, 1.82) is 0 Å². The van der Waals surface area contributed by atoms with Gasteiger partial charge in [0.1, 0.15) is 0 Å². The number of benzene rings is 1. The molecule has 13 heavy (non-hydrogen) atoms. The van der Waals surface area contributed by atoms with Gasteiger partial charge in [0.25, 0.3) is 0 Å². The molecule has 0 radical (unpaired) electrons. The molecule has 72 valence electrons. The minimum absolute atomic E-state index is 0.121. The lowest BCUT2D eigenvalue weighted by Gasteiger charge is -2.00. The van der Waals surface area contributed by atoms with Crippen molar-refractivity contribution >= 4 is 25.8 Å². The quantitative estimate of drug-likeness (QED) is 0.783. The molecule has 0 heterocycles. The lowest BCUT2D eigenvalue weighted by atomic mass is 10.2. The Morgan fingerprint density at radius 3 is 2.00 bits per heavy atom. The van der Waals surface area contributed by atoms with E-state index < -0.39 is 9.84 Å². The maximum Gasteiger partial charge on any atom is 0.151 e. The molecule has 0 atom stereocenters. The average Bonchev–Trinajstić information content (AvgIpc) is 2.03. The Kier molecular flexibility index (Phi) is 3.50. The topological polar surface area (TPSA) is 34.1 Å². The zero-order chi connectivity index (χ0) is 9.90. The van der Waals surface area contributed by atoms with Crippen LogP contribution in [-0.2, 0) is 20.9 Å². The summed E-state index contributed by atoms with van der Waals surface area (Å²) in [7, 11) is -2.91. The number of sulfone groups is 1. The predicted molar refractivity (Wildman–Crippen MR) is 57.6 cm³/mol. The summed E-state index contributed by atoms with van der Waals surface area (Å²) >= 11 is 3.33. The molecule has 0 bridgehead atoms. The summed E-state index contributed by atoms with van der Waals surface area (Å²) in [4.78, 5) is 0. The van der Waals surface area contributed by atoms with Crippen LogP contribution in [0.1, 0.15) is 11.1 Å². The molecule has 0 spiro atoms. The third-order valence-corrected chi connectivity index (χ3v) is 3.11. The van der Waals surface area contributed by atoms with Gasteiger partial charge in [-0.15, -0.1) is 0 Å². The Hall–Kier alpha value is -0.350. The van der Waals surface area contributed by atoms with Crippen LogP contribution in [0.4, 0.5) is 0 Å². The van der Waals surface area contributed by atoms with Gasteiger partial charge >= 0.3 is 0 Å². The average molecular weight is 263 g/mol. The Morgan fingerprint density at radius 1 is 1.15 bits per heavy atom. The SMILES string of the molecule is CS(=O)(=O)Cc1ccc(CBr)cc1. The van der Waals surface area contributed by atoms with E-state index in [2.05, 4.69) is 15.9 Å². The van der Waals surface area contributed by atoms with Crippen LogP contribution >= 0.6 is 15.9 Å². The second-order valence-corrected chi connectivity index (χ2v) is 5.72. The molecule has 0 saturated heterocycles. The first-order valence-electron chi connectivity index (χ1n) is 3.83. The van der Waals surface area contributed by atoms with Gasteiger partial charge in [-0.2, -0.15) is 0 Å². The van der Waals surface area contributed by atoms with Crippen molar-refractivity contribution in [3.8, 4) is 0 Å². The fourth-order valence-corrected chi connectivity index (χ4v) is 2.20. The van der Waals surface area contributed by atoms with Gasteiger partial charge in [0.2, 0.25) is 0 Å². The number of alkyl halides is 1. The minimum Gasteiger partial charge on any atom is -0.229 e. The van der Waals surface area contributed by atoms with Crippen LogP contribution in [0.2, 0.25) is 0 Å². The van der Waals surface area contributed by atoms with E-state index in [4.69, 9.17) is 0 Å². The van der Waals surface area contributed by atoms with Crippen LogP contribution in [-0.4, -0.2) is 14.7 Å². The molecule has 0 saturated carbocycles. The predicted octanol–water partition coefficient (Wildman–Crippen LogP) is 2.13. The lowest BCUT2D eigenvalue weighted by Crippen LogP contribution is -2.00. The van der Waals surface area contributed by atoms with Crippen LogP contribution in [0, 0.1) is 0 Å². The molecule has 0 aliphatic rings. The normalized spacial score (nSPS) is 11.5. The van der Waals surface area contributed by atoms with Crippen LogP contribution in [0.5, 0.6) is 0 Å². The number of rotatable bonds is 3. The number of hydrogen-bond donors (Lipinski definition) is 0. The van der Waals surface area contributed by atoms with E-state index in [1.54, 1.807) is 0 Å². The van der Waals surface area contributed by atoms with Gasteiger partial charge in [0.15, 0.2) is 9.84 Å².